The van der Waals surface area contributed by atoms with Gasteiger partial charge in [0.05, 0.1) is 17.6 Å². The molecular weight excluding hydrogens is 325 g/mol. The molecule has 0 bridgehead atoms. The molecule has 0 aliphatic heterocycles. The molecule has 1 heterocycles. The van der Waals surface area contributed by atoms with Gasteiger partial charge in [0.25, 0.3) is 5.56 Å². The summed E-state index contributed by atoms with van der Waals surface area (Å²) in [7, 11) is 3.52. The van der Waals surface area contributed by atoms with Crippen LogP contribution in [0.1, 0.15) is 6.42 Å². The Kier molecular flexibility index (Phi) is 5.83. The standard InChI is InChI=1S/C15H17Cl2N3O2/c1-19(8-3-9-22-2)13-10-18-20(15(21)14(13)17)12-6-4-11(16)5-7-12/h4-7,10H,3,8-9H2,1-2H3. The molecule has 118 valence electrons. The highest BCUT2D eigenvalue weighted by molar-refractivity contribution is 6.33. The van der Waals surface area contributed by atoms with Gasteiger partial charge in [-0.25, -0.2) is 0 Å². The van der Waals surface area contributed by atoms with E-state index in [9.17, 15) is 4.79 Å². The van der Waals surface area contributed by atoms with Gasteiger partial charge in [0.1, 0.15) is 5.02 Å². The lowest BCUT2D eigenvalue weighted by molar-refractivity contribution is 0.196. The first-order valence-electron chi connectivity index (χ1n) is 6.78. The fourth-order valence-electron chi connectivity index (χ4n) is 2.02. The van der Waals surface area contributed by atoms with Gasteiger partial charge in [-0.05, 0) is 30.7 Å². The van der Waals surface area contributed by atoms with Gasteiger partial charge in [0, 0.05) is 32.3 Å². The van der Waals surface area contributed by atoms with Crippen molar-refractivity contribution in [2.24, 2.45) is 0 Å². The largest absolute Gasteiger partial charge is 0.385 e. The molecule has 0 radical (unpaired) electrons. The number of anilines is 1. The van der Waals surface area contributed by atoms with E-state index in [1.165, 1.54) is 4.68 Å². The van der Waals surface area contributed by atoms with E-state index in [0.717, 1.165) is 13.0 Å². The third-order valence-electron chi connectivity index (χ3n) is 3.22. The molecule has 0 spiro atoms. The van der Waals surface area contributed by atoms with Crippen molar-refractivity contribution >= 4 is 28.9 Å². The minimum atomic E-state index is -0.361. The SMILES string of the molecule is COCCCN(C)c1cnn(-c2ccc(Cl)cc2)c(=O)c1Cl. The summed E-state index contributed by atoms with van der Waals surface area (Å²) < 4.78 is 6.27. The topological polar surface area (TPSA) is 47.4 Å². The normalized spacial score (nSPS) is 10.7. The molecule has 2 rings (SSSR count). The number of halogens is 2. The fraction of sp³-hybridized carbons (Fsp3) is 0.333. The van der Waals surface area contributed by atoms with Crippen LogP contribution in [0.25, 0.3) is 5.69 Å². The van der Waals surface area contributed by atoms with Crippen LogP contribution < -0.4 is 10.5 Å². The quantitative estimate of drug-likeness (QED) is 0.757. The first-order valence-corrected chi connectivity index (χ1v) is 7.54. The van der Waals surface area contributed by atoms with E-state index in [1.807, 2.05) is 11.9 Å². The molecular formula is C15H17Cl2N3O2. The number of ether oxygens (including phenoxy) is 1. The first-order chi connectivity index (χ1) is 10.5. The maximum atomic E-state index is 12.4. The Bertz CT molecular complexity index is 686. The molecule has 7 heteroatoms. The Morgan fingerprint density at radius 2 is 1.95 bits per heavy atom. The van der Waals surface area contributed by atoms with E-state index in [2.05, 4.69) is 5.10 Å². The molecule has 5 nitrogen and oxygen atoms in total. The number of aromatic nitrogens is 2. The van der Waals surface area contributed by atoms with Crippen molar-refractivity contribution in [2.75, 3.05) is 32.2 Å². The number of hydrogen-bond acceptors (Lipinski definition) is 4. The molecule has 0 amide bonds. The fourth-order valence-corrected chi connectivity index (χ4v) is 2.42. The maximum absolute atomic E-state index is 12.4. The van der Waals surface area contributed by atoms with Gasteiger partial charge in [-0.2, -0.15) is 9.78 Å². The second-order valence-electron chi connectivity index (χ2n) is 4.81. The minimum absolute atomic E-state index is 0.143. The predicted molar refractivity (Wildman–Crippen MR) is 89.6 cm³/mol. The summed E-state index contributed by atoms with van der Waals surface area (Å²) in [6.07, 6.45) is 2.43. The number of benzene rings is 1. The van der Waals surface area contributed by atoms with Crippen LogP contribution in [0.15, 0.2) is 35.3 Å². The highest BCUT2D eigenvalue weighted by Crippen LogP contribution is 2.21. The van der Waals surface area contributed by atoms with Crippen molar-refractivity contribution in [1.29, 1.82) is 0 Å². The van der Waals surface area contributed by atoms with E-state index in [0.29, 0.717) is 23.0 Å². The third kappa shape index (κ3) is 3.80. The van der Waals surface area contributed by atoms with Gasteiger partial charge in [-0.15, -0.1) is 0 Å². The molecule has 22 heavy (non-hydrogen) atoms. The van der Waals surface area contributed by atoms with Gasteiger partial charge in [0.15, 0.2) is 0 Å². The molecule has 0 aliphatic carbocycles. The van der Waals surface area contributed by atoms with Crippen molar-refractivity contribution in [3.8, 4) is 5.69 Å². The zero-order valence-corrected chi connectivity index (χ0v) is 13.9. The molecule has 0 fully saturated rings. The van der Waals surface area contributed by atoms with Crippen molar-refractivity contribution < 1.29 is 4.74 Å². The van der Waals surface area contributed by atoms with Crippen LogP contribution in [0.5, 0.6) is 0 Å². The molecule has 0 N–H and O–H groups in total. The predicted octanol–water partition coefficient (Wildman–Crippen LogP) is 3.01. The Labute approximate surface area is 139 Å². The lowest BCUT2D eigenvalue weighted by atomic mass is 10.3. The second-order valence-corrected chi connectivity index (χ2v) is 5.62. The summed E-state index contributed by atoms with van der Waals surface area (Å²) in [5.41, 5.74) is 0.859. The smallest absolute Gasteiger partial charge is 0.292 e. The Balaban J connectivity index is 2.29. The van der Waals surface area contributed by atoms with Gasteiger partial charge in [-0.1, -0.05) is 23.2 Å². The molecule has 0 atom stereocenters. The Morgan fingerprint density at radius 3 is 2.59 bits per heavy atom. The number of methoxy groups -OCH3 is 1. The molecule has 1 aromatic heterocycles. The van der Waals surface area contributed by atoms with Crippen LogP contribution in [0.3, 0.4) is 0 Å². The monoisotopic (exact) mass is 341 g/mol. The summed E-state index contributed by atoms with van der Waals surface area (Å²) in [6, 6.07) is 6.83. The number of rotatable bonds is 6. The van der Waals surface area contributed by atoms with Crippen LogP contribution in [-0.2, 0) is 4.74 Å². The molecule has 0 saturated carbocycles. The third-order valence-corrected chi connectivity index (χ3v) is 3.83. The lowest BCUT2D eigenvalue weighted by Gasteiger charge is -2.20. The van der Waals surface area contributed by atoms with Crippen LogP contribution in [0.4, 0.5) is 5.69 Å². The lowest BCUT2D eigenvalue weighted by Crippen LogP contribution is -2.27. The molecule has 0 saturated heterocycles. The summed E-state index contributed by atoms with van der Waals surface area (Å²) in [5.74, 6) is 0. The van der Waals surface area contributed by atoms with Crippen molar-refractivity contribution in [1.82, 2.24) is 9.78 Å². The van der Waals surface area contributed by atoms with E-state index >= 15 is 0 Å². The average Bonchev–Trinajstić information content (AvgIpc) is 2.51. The van der Waals surface area contributed by atoms with Crippen molar-refractivity contribution in [2.45, 2.75) is 6.42 Å². The van der Waals surface area contributed by atoms with E-state index in [1.54, 1.807) is 37.6 Å². The van der Waals surface area contributed by atoms with Crippen molar-refractivity contribution in [3.63, 3.8) is 0 Å². The average molecular weight is 342 g/mol. The summed E-state index contributed by atoms with van der Waals surface area (Å²) in [4.78, 5) is 14.3. The van der Waals surface area contributed by atoms with Gasteiger partial charge in [0.2, 0.25) is 0 Å². The zero-order valence-electron chi connectivity index (χ0n) is 12.4. The van der Waals surface area contributed by atoms with Crippen LogP contribution >= 0.6 is 23.2 Å². The summed E-state index contributed by atoms with van der Waals surface area (Å²) >= 11 is 12.1. The van der Waals surface area contributed by atoms with Crippen LogP contribution in [-0.4, -0.2) is 37.1 Å². The molecule has 1 aromatic carbocycles. The van der Waals surface area contributed by atoms with E-state index in [-0.39, 0.29) is 10.6 Å². The van der Waals surface area contributed by atoms with Gasteiger partial charge in [-0.3, -0.25) is 4.79 Å². The molecule has 2 aromatic rings. The first kappa shape index (κ1) is 16.8. The van der Waals surface area contributed by atoms with Crippen LogP contribution in [0.2, 0.25) is 10.0 Å². The highest BCUT2D eigenvalue weighted by Gasteiger charge is 2.13. The Morgan fingerprint density at radius 1 is 1.27 bits per heavy atom. The van der Waals surface area contributed by atoms with E-state index in [4.69, 9.17) is 27.9 Å². The summed E-state index contributed by atoms with van der Waals surface area (Å²) in [5, 5.41) is 4.93. The zero-order chi connectivity index (χ0) is 16.1. The Hall–Kier alpha value is -1.56. The highest BCUT2D eigenvalue weighted by atomic mass is 35.5. The van der Waals surface area contributed by atoms with Crippen LogP contribution in [0, 0.1) is 0 Å². The van der Waals surface area contributed by atoms with Crippen molar-refractivity contribution in [3.05, 3.63) is 50.9 Å². The minimum Gasteiger partial charge on any atom is -0.385 e. The maximum Gasteiger partial charge on any atom is 0.292 e. The number of hydrogen-bond donors (Lipinski definition) is 0. The molecule has 0 unspecified atom stereocenters. The van der Waals surface area contributed by atoms with Gasteiger partial charge < -0.3 is 9.64 Å². The summed E-state index contributed by atoms with van der Waals surface area (Å²) in [6.45, 7) is 1.37. The number of nitrogens with zero attached hydrogens (tertiary/aromatic N) is 3. The molecule has 0 aliphatic rings. The van der Waals surface area contributed by atoms with Gasteiger partial charge >= 0.3 is 0 Å². The second kappa shape index (κ2) is 7.63. The van der Waals surface area contributed by atoms with E-state index < -0.39 is 0 Å².